The minimum atomic E-state index is -0.580. The van der Waals surface area contributed by atoms with Crippen LogP contribution in [0.2, 0.25) is 0 Å². The SMILES string of the molecule is C[C@H]1C(=O)C(C#N)=C[C@@]2(C)c3c(c(-c4ccc(F)cc4)nn3-c3ccc(-c4ncon4)cc3)CC[C@H]12. The molecule has 2 aliphatic rings. The summed E-state index contributed by atoms with van der Waals surface area (Å²) in [4.78, 5) is 17.0. The van der Waals surface area contributed by atoms with Gasteiger partial charge in [0.15, 0.2) is 5.78 Å². The second kappa shape index (κ2) is 8.09. The minimum Gasteiger partial charge on any atom is -0.342 e. The molecular formula is C28H22FN5O2. The number of hydrogen-bond donors (Lipinski definition) is 0. The van der Waals surface area contributed by atoms with Crippen LogP contribution in [0.25, 0.3) is 28.3 Å². The summed E-state index contributed by atoms with van der Waals surface area (Å²) < 4.78 is 20.5. The number of ketones is 1. The molecular weight excluding hydrogens is 457 g/mol. The number of allylic oxidation sites excluding steroid dienone is 2. The van der Waals surface area contributed by atoms with Gasteiger partial charge in [-0.1, -0.05) is 25.1 Å². The Labute approximate surface area is 206 Å². The number of carbonyl (C=O) groups excluding carboxylic acids is 1. The van der Waals surface area contributed by atoms with Gasteiger partial charge in [0.2, 0.25) is 12.2 Å². The van der Waals surface area contributed by atoms with Crippen LogP contribution >= 0.6 is 0 Å². The van der Waals surface area contributed by atoms with E-state index in [1.165, 1.54) is 18.5 Å². The van der Waals surface area contributed by atoms with E-state index in [9.17, 15) is 14.4 Å². The van der Waals surface area contributed by atoms with E-state index in [0.717, 1.165) is 46.6 Å². The van der Waals surface area contributed by atoms with Gasteiger partial charge in [0.05, 0.1) is 22.6 Å². The van der Waals surface area contributed by atoms with Crippen molar-refractivity contribution < 1.29 is 13.7 Å². The maximum Gasteiger partial charge on any atom is 0.214 e. The summed E-state index contributed by atoms with van der Waals surface area (Å²) in [5.74, 6) is -0.162. The van der Waals surface area contributed by atoms with Crippen molar-refractivity contribution in [1.29, 1.82) is 5.26 Å². The molecule has 6 rings (SSSR count). The van der Waals surface area contributed by atoms with E-state index in [-0.39, 0.29) is 29.0 Å². The number of hydrogen-bond acceptors (Lipinski definition) is 6. The number of carbonyl (C=O) groups is 1. The molecule has 0 bridgehead atoms. The summed E-state index contributed by atoms with van der Waals surface area (Å²) in [6.07, 6.45) is 4.64. The van der Waals surface area contributed by atoms with Gasteiger partial charge in [-0.05, 0) is 67.3 Å². The van der Waals surface area contributed by atoms with Gasteiger partial charge in [-0.3, -0.25) is 4.79 Å². The van der Waals surface area contributed by atoms with Gasteiger partial charge in [0.1, 0.15) is 11.9 Å². The van der Waals surface area contributed by atoms with E-state index in [1.807, 2.05) is 41.9 Å². The highest BCUT2D eigenvalue weighted by molar-refractivity contribution is 6.02. The maximum absolute atomic E-state index is 13.7. The van der Waals surface area contributed by atoms with E-state index in [4.69, 9.17) is 9.62 Å². The van der Waals surface area contributed by atoms with Crippen LogP contribution in [0.3, 0.4) is 0 Å². The summed E-state index contributed by atoms with van der Waals surface area (Å²) in [6.45, 7) is 4.01. The van der Waals surface area contributed by atoms with Crippen molar-refractivity contribution in [2.24, 2.45) is 11.8 Å². The maximum atomic E-state index is 13.7. The molecule has 8 heteroatoms. The third-order valence-corrected chi connectivity index (χ3v) is 7.67. The molecule has 4 aromatic rings. The number of nitriles is 1. The van der Waals surface area contributed by atoms with Gasteiger partial charge in [0, 0.05) is 28.0 Å². The minimum absolute atomic E-state index is 0.0321. The van der Waals surface area contributed by atoms with E-state index in [0.29, 0.717) is 5.82 Å². The standard InChI is InChI=1S/C28H22FN5O2/c1-16-23-12-11-22-24(17-3-7-20(29)8-4-17)32-34(26(22)28(23,2)13-19(14-30)25(16)35)21-9-5-18(6-10-21)27-31-15-36-33-27/h3-10,13,15-16,23H,11-12H2,1-2H3/t16-,23-,28-/m1/s1. The smallest absolute Gasteiger partial charge is 0.214 e. The van der Waals surface area contributed by atoms with Crippen LogP contribution in [0.1, 0.15) is 31.5 Å². The Hall–Kier alpha value is -4.38. The van der Waals surface area contributed by atoms with Gasteiger partial charge in [-0.25, -0.2) is 9.07 Å². The molecule has 2 aromatic carbocycles. The number of Topliss-reactive ketones (excluding diaryl/α,β-unsaturated/α-hetero) is 1. The average molecular weight is 480 g/mol. The Morgan fingerprint density at radius 2 is 1.86 bits per heavy atom. The fourth-order valence-electron chi connectivity index (χ4n) is 5.92. The molecule has 0 N–H and O–H groups in total. The van der Waals surface area contributed by atoms with E-state index in [2.05, 4.69) is 23.1 Å². The second-order valence-corrected chi connectivity index (χ2v) is 9.65. The highest BCUT2D eigenvalue weighted by atomic mass is 19.1. The zero-order valence-corrected chi connectivity index (χ0v) is 19.8. The first-order valence-electron chi connectivity index (χ1n) is 11.8. The van der Waals surface area contributed by atoms with Gasteiger partial charge < -0.3 is 4.52 Å². The zero-order chi connectivity index (χ0) is 25.0. The lowest BCUT2D eigenvalue weighted by Gasteiger charge is -2.45. The summed E-state index contributed by atoms with van der Waals surface area (Å²) in [5, 5.41) is 18.7. The van der Waals surface area contributed by atoms with Crippen LogP contribution in [0.5, 0.6) is 0 Å². The third kappa shape index (κ3) is 3.23. The van der Waals surface area contributed by atoms with Crippen LogP contribution in [0.15, 0.2) is 71.1 Å². The molecule has 0 fully saturated rings. The fraction of sp³-hybridized carbons (Fsp3) is 0.250. The number of halogens is 1. The number of aromatic nitrogens is 4. The molecule has 0 spiro atoms. The molecule has 0 radical (unpaired) electrons. The van der Waals surface area contributed by atoms with Crippen molar-refractivity contribution >= 4 is 5.78 Å². The lowest BCUT2D eigenvalue weighted by Crippen LogP contribution is -2.46. The lowest BCUT2D eigenvalue weighted by atomic mass is 9.57. The van der Waals surface area contributed by atoms with Crippen molar-refractivity contribution in [2.75, 3.05) is 0 Å². The molecule has 0 saturated heterocycles. The zero-order valence-electron chi connectivity index (χ0n) is 19.8. The summed E-state index contributed by atoms with van der Waals surface area (Å²) >= 11 is 0. The van der Waals surface area contributed by atoms with Gasteiger partial charge in [-0.15, -0.1) is 0 Å². The Morgan fingerprint density at radius 3 is 2.53 bits per heavy atom. The predicted octanol–water partition coefficient (Wildman–Crippen LogP) is 5.22. The first-order chi connectivity index (χ1) is 17.4. The quantitative estimate of drug-likeness (QED) is 0.400. The predicted molar refractivity (Wildman–Crippen MR) is 129 cm³/mol. The number of rotatable bonds is 3. The molecule has 0 amide bonds. The molecule has 0 aliphatic heterocycles. The Kier molecular flexibility index (Phi) is 4.97. The fourth-order valence-corrected chi connectivity index (χ4v) is 5.92. The van der Waals surface area contributed by atoms with Crippen molar-refractivity contribution in [1.82, 2.24) is 19.9 Å². The molecule has 3 atom stereocenters. The van der Waals surface area contributed by atoms with Crippen molar-refractivity contribution in [3.63, 3.8) is 0 Å². The molecule has 2 heterocycles. The monoisotopic (exact) mass is 479 g/mol. The molecule has 2 aromatic heterocycles. The molecule has 178 valence electrons. The van der Waals surface area contributed by atoms with Crippen LogP contribution in [-0.2, 0) is 16.6 Å². The number of nitrogens with zero attached hydrogens (tertiary/aromatic N) is 5. The third-order valence-electron chi connectivity index (χ3n) is 7.67. The van der Waals surface area contributed by atoms with Crippen molar-refractivity contribution in [3.05, 3.63) is 83.6 Å². The number of fused-ring (bicyclic) bond motifs is 3. The average Bonchev–Trinajstić information content (AvgIpc) is 3.56. The lowest BCUT2D eigenvalue weighted by molar-refractivity contribution is -0.121. The molecule has 2 aliphatic carbocycles. The number of benzene rings is 2. The van der Waals surface area contributed by atoms with Crippen molar-refractivity contribution in [3.8, 4) is 34.4 Å². The first-order valence-corrected chi connectivity index (χ1v) is 11.8. The Bertz CT molecular complexity index is 1550. The highest BCUT2D eigenvalue weighted by Gasteiger charge is 2.50. The highest BCUT2D eigenvalue weighted by Crippen LogP contribution is 2.52. The normalized spacial score (nSPS) is 22.9. The summed E-state index contributed by atoms with van der Waals surface area (Å²) in [6, 6.07) is 16.1. The van der Waals surface area contributed by atoms with Gasteiger partial charge >= 0.3 is 0 Å². The molecule has 0 saturated carbocycles. The second-order valence-electron chi connectivity index (χ2n) is 9.65. The van der Waals surface area contributed by atoms with E-state index >= 15 is 0 Å². The molecule has 36 heavy (non-hydrogen) atoms. The van der Waals surface area contributed by atoms with Gasteiger partial charge in [-0.2, -0.15) is 15.3 Å². The molecule has 0 unspecified atom stereocenters. The largest absolute Gasteiger partial charge is 0.342 e. The first kappa shape index (κ1) is 22.1. The van der Waals surface area contributed by atoms with Crippen LogP contribution < -0.4 is 0 Å². The van der Waals surface area contributed by atoms with Crippen LogP contribution in [-0.4, -0.2) is 25.7 Å². The van der Waals surface area contributed by atoms with E-state index < -0.39 is 5.41 Å². The van der Waals surface area contributed by atoms with E-state index in [1.54, 1.807) is 12.1 Å². The van der Waals surface area contributed by atoms with Crippen LogP contribution in [0, 0.1) is 29.0 Å². The topological polar surface area (TPSA) is 97.6 Å². The Balaban J connectivity index is 1.58. The van der Waals surface area contributed by atoms with Crippen LogP contribution in [0.4, 0.5) is 4.39 Å². The summed E-state index contributed by atoms with van der Waals surface area (Å²) in [7, 11) is 0. The molecule has 7 nitrogen and oxygen atoms in total. The van der Waals surface area contributed by atoms with Crippen molar-refractivity contribution in [2.45, 2.75) is 32.1 Å². The summed E-state index contributed by atoms with van der Waals surface area (Å²) in [5.41, 5.74) is 4.85. The van der Waals surface area contributed by atoms with Gasteiger partial charge in [0.25, 0.3) is 0 Å². The Morgan fingerprint density at radius 1 is 1.14 bits per heavy atom.